The monoisotopic (exact) mass is 552 g/mol. The second-order valence-corrected chi connectivity index (χ2v) is 9.74. The minimum atomic E-state index is -2.75. The number of amides is 1. The number of carboxylic acids is 1. The number of aromatic nitrogens is 3. The lowest BCUT2D eigenvalue weighted by molar-refractivity contribution is -0.119. The average Bonchev–Trinajstić information content (AvgIpc) is 3.60. The number of rotatable bonds is 11. The number of nitrogens with zero attached hydrogens (tertiary/aromatic N) is 3. The van der Waals surface area contributed by atoms with Crippen LogP contribution >= 0.6 is 11.6 Å². The predicted molar refractivity (Wildman–Crippen MR) is 146 cm³/mol. The molecule has 0 aliphatic heterocycles. The van der Waals surface area contributed by atoms with Crippen molar-refractivity contribution in [1.82, 2.24) is 15.0 Å². The Labute approximate surface area is 229 Å². The quantitative estimate of drug-likeness (QED) is 0.247. The van der Waals surface area contributed by atoms with E-state index < -0.39 is 24.0 Å². The standard InChI is InChI=1S/C29H27ClF2N4O3/c1-3-19(24-15-21(30)10-13-26(24)36-16-25(27(31)32)34-35-36)7-4-17(2)23(14-18-5-6-18)28(37)33-22-11-8-20(9-12-22)29(38)39/h3-4,7-13,15-16,18,23,27H,2,5-6,14H2,1H3,(H,33,37)(H,38,39)/b7-4-,19-3+. The van der Waals surface area contributed by atoms with Crippen LogP contribution in [0.3, 0.4) is 0 Å². The predicted octanol–water partition coefficient (Wildman–Crippen LogP) is 7.13. The van der Waals surface area contributed by atoms with Crippen molar-refractivity contribution in [2.45, 2.75) is 32.6 Å². The summed E-state index contributed by atoms with van der Waals surface area (Å²) in [4.78, 5) is 24.3. The zero-order valence-electron chi connectivity index (χ0n) is 21.2. The zero-order chi connectivity index (χ0) is 28.1. The molecule has 1 amide bonds. The molecule has 1 aliphatic carbocycles. The second kappa shape index (κ2) is 12.2. The van der Waals surface area contributed by atoms with Gasteiger partial charge in [0.2, 0.25) is 5.91 Å². The van der Waals surface area contributed by atoms with Gasteiger partial charge >= 0.3 is 5.97 Å². The smallest absolute Gasteiger partial charge is 0.335 e. The van der Waals surface area contributed by atoms with Crippen LogP contribution in [0, 0.1) is 11.8 Å². The van der Waals surface area contributed by atoms with Gasteiger partial charge in [0.15, 0.2) is 0 Å². The average molecular weight is 553 g/mol. The number of halogens is 3. The van der Waals surface area contributed by atoms with Crippen molar-refractivity contribution in [3.05, 3.63) is 101 Å². The number of alkyl halides is 2. The highest BCUT2D eigenvalue weighted by atomic mass is 35.5. The topological polar surface area (TPSA) is 97.1 Å². The maximum atomic E-state index is 13.2. The van der Waals surface area contributed by atoms with Crippen molar-refractivity contribution >= 4 is 34.7 Å². The fourth-order valence-electron chi connectivity index (χ4n) is 4.13. The van der Waals surface area contributed by atoms with Crippen LogP contribution in [-0.2, 0) is 4.79 Å². The van der Waals surface area contributed by atoms with E-state index in [4.69, 9.17) is 16.7 Å². The molecule has 1 heterocycles. The first kappa shape index (κ1) is 27.9. The molecule has 1 fully saturated rings. The number of carbonyl (C=O) groups is 2. The van der Waals surface area contributed by atoms with Crippen molar-refractivity contribution < 1.29 is 23.5 Å². The van der Waals surface area contributed by atoms with Crippen LogP contribution in [0.25, 0.3) is 11.3 Å². The van der Waals surface area contributed by atoms with Crippen molar-refractivity contribution in [2.24, 2.45) is 11.8 Å². The lowest BCUT2D eigenvalue weighted by Crippen LogP contribution is -2.24. The molecule has 1 aliphatic rings. The largest absolute Gasteiger partial charge is 0.478 e. The number of nitrogens with one attached hydrogen (secondary N) is 1. The van der Waals surface area contributed by atoms with Gasteiger partial charge in [-0.15, -0.1) is 5.10 Å². The Morgan fingerprint density at radius 3 is 2.51 bits per heavy atom. The number of hydrogen-bond acceptors (Lipinski definition) is 4. The Morgan fingerprint density at radius 1 is 1.21 bits per heavy atom. The summed E-state index contributed by atoms with van der Waals surface area (Å²) in [6.07, 6.45) is 6.59. The number of hydrogen-bond donors (Lipinski definition) is 2. The summed E-state index contributed by atoms with van der Waals surface area (Å²) < 4.78 is 27.5. The lowest BCUT2D eigenvalue weighted by Gasteiger charge is -2.18. The number of allylic oxidation sites excluding steroid dienone is 4. The first-order chi connectivity index (χ1) is 18.7. The van der Waals surface area contributed by atoms with E-state index in [1.807, 2.05) is 13.0 Å². The van der Waals surface area contributed by atoms with Gasteiger partial charge in [0.1, 0.15) is 5.69 Å². The molecule has 0 saturated heterocycles. The van der Waals surface area contributed by atoms with Crippen LogP contribution < -0.4 is 5.32 Å². The minimum Gasteiger partial charge on any atom is -0.478 e. The number of aromatic carboxylic acids is 1. The highest BCUT2D eigenvalue weighted by molar-refractivity contribution is 6.30. The lowest BCUT2D eigenvalue weighted by atomic mass is 9.91. The number of carboxylic acid groups (broad SMARTS) is 1. The van der Waals surface area contributed by atoms with Crippen LogP contribution in [0.4, 0.5) is 14.5 Å². The maximum absolute atomic E-state index is 13.2. The third-order valence-corrected chi connectivity index (χ3v) is 6.70. The molecule has 3 aromatic rings. The van der Waals surface area contributed by atoms with Gasteiger partial charge in [-0.05, 0) is 72.9 Å². The van der Waals surface area contributed by atoms with Crippen molar-refractivity contribution in [1.29, 1.82) is 0 Å². The fraction of sp³-hybridized carbons (Fsp3) is 0.241. The van der Waals surface area contributed by atoms with Crippen LogP contribution in [0.1, 0.15) is 54.2 Å². The molecule has 0 radical (unpaired) electrons. The van der Waals surface area contributed by atoms with Gasteiger partial charge in [-0.1, -0.05) is 54.5 Å². The van der Waals surface area contributed by atoms with E-state index in [9.17, 15) is 18.4 Å². The van der Waals surface area contributed by atoms with Gasteiger partial charge in [-0.2, -0.15) is 0 Å². The van der Waals surface area contributed by atoms with Crippen LogP contribution in [-0.4, -0.2) is 32.0 Å². The first-order valence-electron chi connectivity index (χ1n) is 12.3. The Hall–Kier alpha value is -4.11. The third-order valence-electron chi connectivity index (χ3n) is 6.47. The molecule has 1 unspecified atom stereocenters. The molecular formula is C29H27ClF2N4O3. The Bertz CT molecular complexity index is 1440. The van der Waals surface area contributed by atoms with E-state index in [1.54, 1.807) is 42.5 Å². The number of carbonyl (C=O) groups excluding carboxylic acids is 1. The van der Waals surface area contributed by atoms with E-state index in [2.05, 4.69) is 22.2 Å². The summed E-state index contributed by atoms with van der Waals surface area (Å²) in [5.74, 6) is -1.32. The first-order valence-corrected chi connectivity index (χ1v) is 12.7. The van der Waals surface area contributed by atoms with Crippen LogP contribution in [0.15, 0.2) is 79.0 Å². The normalized spacial score (nSPS) is 14.5. The van der Waals surface area contributed by atoms with E-state index in [1.165, 1.54) is 23.0 Å². The van der Waals surface area contributed by atoms with Crippen molar-refractivity contribution in [3.8, 4) is 5.69 Å². The van der Waals surface area contributed by atoms with Gasteiger partial charge < -0.3 is 10.4 Å². The summed E-state index contributed by atoms with van der Waals surface area (Å²) >= 11 is 6.26. The minimum absolute atomic E-state index is 0.130. The van der Waals surface area contributed by atoms with Gasteiger partial charge in [0, 0.05) is 16.3 Å². The molecule has 0 spiro atoms. The fourth-order valence-corrected chi connectivity index (χ4v) is 4.30. The highest BCUT2D eigenvalue weighted by Crippen LogP contribution is 2.38. The Balaban J connectivity index is 1.56. The van der Waals surface area contributed by atoms with E-state index in [0.717, 1.165) is 18.4 Å². The molecular weight excluding hydrogens is 526 g/mol. The molecule has 2 aromatic carbocycles. The van der Waals surface area contributed by atoms with E-state index in [0.29, 0.717) is 39.9 Å². The molecule has 7 nitrogen and oxygen atoms in total. The zero-order valence-corrected chi connectivity index (χ0v) is 21.9. The number of anilines is 1. The van der Waals surface area contributed by atoms with Crippen LogP contribution in [0.5, 0.6) is 0 Å². The van der Waals surface area contributed by atoms with E-state index >= 15 is 0 Å². The molecule has 10 heteroatoms. The summed E-state index contributed by atoms with van der Waals surface area (Å²) in [6, 6.07) is 11.0. The van der Waals surface area contributed by atoms with Crippen molar-refractivity contribution in [2.75, 3.05) is 5.32 Å². The molecule has 39 heavy (non-hydrogen) atoms. The molecule has 4 rings (SSSR count). The van der Waals surface area contributed by atoms with E-state index in [-0.39, 0.29) is 11.5 Å². The summed E-state index contributed by atoms with van der Waals surface area (Å²) in [6.45, 7) is 5.99. The number of benzene rings is 2. The Kier molecular flexibility index (Phi) is 8.71. The van der Waals surface area contributed by atoms with Gasteiger partial charge in [0.25, 0.3) is 6.43 Å². The molecule has 1 saturated carbocycles. The van der Waals surface area contributed by atoms with Gasteiger partial charge in [-0.25, -0.2) is 18.3 Å². The summed E-state index contributed by atoms with van der Waals surface area (Å²) in [7, 11) is 0. The molecule has 202 valence electrons. The highest BCUT2D eigenvalue weighted by Gasteiger charge is 2.30. The molecule has 1 aromatic heterocycles. The van der Waals surface area contributed by atoms with Gasteiger partial charge in [-0.3, -0.25) is 4.79 Å². The van der Waals surface area contributed by atoms with Crippen LogP contribution in [0.2, 0.25) is 5.02 Å². The maximum Gasteiger partial charge on any atom is 0.335 e. The van der Waals surface area contributed by atoms with Crippen molar-refractivity contribution in [3.63, 3.8) is 0 Å². The summed E-state index contributed by atoms with van der Waals surface area (Å²) in [5.41, 5.74) is 2.67. The molecule has 1 atom stereocenters. The molecule has 2 N–H and O–H groups in total. The Morgan fingerprint density at radius 2 is 1.92 bits per heavy atom. The molecule has 0 bridgehead atoms. The third kappa shape index (κ3) is 7.06. The SMILES string of the molecule is C=C(/C=C\C(=C/C)c1cc(Cl)ccc1-n1cc(C(F)F)nn1)C(CC1CC1)C(=O)Nc1ccc(C(=O)O)cc1. The summed E-state index contributed by atoms with van der Waals surface area (Å²) in [5, 5.41) is 19.8. The second-order valence-electron chi connectivity index (χ2n) is 9.31. The van der Waals surface area contributed by atoms with Gasteiger partial charge in [0.05, 0.1) is 23.4 Å².